The van der Waals surface area contributed by atoms with Crippen molar-refractivity contribution in [3.8, 4) is 0 Å². The molecule has 0 rings (SSSR count). The number of hydrogen-bond donors (Lipinski definition) is 1. The van der Waals surface area contributed by atoms with Gasteiger partial charge in [0.05, 0.1) is 33.8 Å². The summed E-state index contributed by atoms with van der Waals surface area (Å²) in [4.78, 5) is 40.2. The summed E-state index contributed by atoms with van der Waals surface area (Å²) in [7, 11) is 1.17. The van der Waals surface area contributed by atoms with E-state index in [2.05, 4.69) is 99.0 Å². The summed E-state index contributed by atoms with van der Waals surface area (Å²) in [5.74, 6) is -0.561. The van der Waals surface area contributed by atoms with Crippen LogP contribution in [0.3, 0.4) is 0 Å². The van der Waals surface area contributed by atoms with Gasteiger partial charge >= 0.3 is 5.97 Å². The van der Waals surface area contributed by atoms with Crippen molar-refractivity contribution in [2.45, 2.75) is 354 Å². The third kappa shape index (κ3) is 67.4. The van der Waals surface area contributed by atoms with Gasteiger partial charge in [-0.15, -0.1) is 0 Å². The standard InChI is InChI=1S/C77H141N2O7P/c1-7-10-13-16-19-22-25-27-29-31-33-35-37-38-39-40-42-43-45-47-49-51-54-57-60-63-66-69-76(80)78-74(73-85-87(82,83)84-72-71-79(4,5)6)75(68-65-62-59-56-53-24-21-18-15-12-9-3)86-77(81)70-67-64-61-58-55-52-50-48-46-44-41-36-34-32-30-28-26-23-20-17-14-11-8-2/h11,14,20,23,28,30,34,36,44,46,50,52,65,68,74-75H,7-10,12-13,15-19,21-22,24-27,29,31-33,35,37-43,45,47-49,51,53-64,66-67,69-73H2,1-6H3,(H-,78,80,82,83)/b14-11-,23-20-,30-28-,36-34-,46-44-,52-50-,68-65+. The summed E-state index contributed by atoms with van der Waals surface area (Å²) in [5, 5.41) is 3.04. The topological polar surface area (TPSA) is 114 Å². The highest BCUT2D eigenvalue weighted by atomic mass is 31.2. The first-order chi connectivity index (χ1) is 42.4. The average Bonchev–Trinajstić information content (AvgIpc) is 3.70. The number of esters is 1. The number of phosphoric acid groups is 1. The lowest BCUT2D eigenvalue weighted by atomic mass is 10.0. The first-order valence-electron chi connectivity index (χ1n) is 36.9. The van der Waals surface area contributed by atoms with E-state index in [9.17, 15) is 19.0 Å². The number of phosphoric ester groups is 1. The van der Waals surface area contributed by atoms with Crippen LogP contribution >= 0.6 is 7.82 Å². The number of allylic oxidation sites excluding steroid dienone is 13. The number of ether oxygens (including phenoxy) is 1. The molecule has 506 valence electrons. The van der Waals surface area contributed by atoms with Crippen molar-refractivity contribution in [1.82, 2.24) is 5.32 Å². The van der Waals surface area contributed by atoms with Crippen LogP contribution < -0.4 is 10.2 Å². The average molecular weight is 1240 g/mol. The molecule has 0 heterocycles. The first-order valence-corrected chi connectivity index (χ1v) is 38.4. The van der Waals surface area contributed by atoms with Crippen LogP contribution in [0, 0.1) is 0 Å². The van der Waals surface area contributed by atoms with Crippen LogP contribution in [0.2, 0.25) is 0 Å². The summed E-state index contributed by atoms with van der Waals surface area (Å²) in [6.45, 7) is 6.75. The van der Waals surface area contributed by atoms with E-state index in [-0.39, 0.29) is 24.9 Å². The Bertz CT molecular complexity index is 1760. The molecule has 0 aliphatic heterocycles. The third-order valence-electron chi connectivity index (χ3n) is 16.3. The number of carbonyl (C=O) groups excluding carboxylic acids is 2. The fourth-order valence-corrected chi connectivity index (χ4v) is 11.4. The van der Waals surface area contributed by atoms with Gasteiger partial charge in [0.1, 0.15) is 19.3 Å². The van der Waals surface area contributed by atoms with Crippen LogP contribution in [0.15, 0.2) is 85.1 Å². The second-order valence-corrected chi connectivity index (χ2v) is 27.5. The predicted molar refractivity (Wildman–Crippen MR) is 376 cm³/mol. The normalized spacial score (nSPS) is 14.0. The van der Waals surface area contributed by atoms with Crippen molar-refractivity contribution < 1.29 is 37.3 Å². The monoisotopic (exact) mass is 1240 g/mol. The van der Waals surface area contributed by atoms with Gasteiger partial charge in [-0.1, -0.05) is 331 Å². The van der Waals surface area contributed by atoms with E-state index in [4.69, 9.17) is 13.8 Å². The fourth-order valence-electron chi connectivity index (χ4n) is 10.7. The third-order valence-corrected chi connectivity index (χ3v) is 17.3. The van der Waals surface area contributed by atoms with Crippen molar-refractivity contribution in [1.29, 1.82) is 0 Å². The Labute approximate surface area is 539 Å². The lowest BCUT2D eigenvalue weighted by molar-refractivity contribution is -0.870. The molecule has 1 amide bonds. The number of rotatable bonds is 67. The minimum absolute atomic E-state index is 0.0284. The Balaban J connectivity index is 5.00. The second-order valence-electron chi connectivity index (χ2n) is 26.1. The van der Waals surface area contributed by atoms with Gasteiger partial charge in [0, 0.05) is 12.8 Å². The molecule has 0 aromatic heterocycles. The molecule has 9 nitrogen and oxygen atoms in total. The maximum atomic E-state index is 13.6. The first kappa shape index (κ1) is 84.2. The molecular formula is C77H141N2O7P. The highest BCUT2D eigenvalue weighted by Gasteiger charge is 2.27. The largest absolute Gasteiger partial charge is 0.756 e. The zero-order chi connectivity index (χ0) is 63.5. The van der Waals surface area contributed by atoms with E-state index in [1.165, 1.54) is 199 Å². The van der Waals surface area contributed by atoms with Gasteiger partial charge in [-0.2, -0.15) is 0 Å². The van der Waals surface area contributed by atoms with Gasteiger partial charge in [-0.25, -0.2) is 0 Å². The lowest BCUT2D eigenvalue weighted by Crippen LogP contribution is -2.47. The molecule has 10 heteroatoms. The van der Waals surface area contributed by atoms with E-state index in [0.717, 1.165) is 103 Å². The van der Waals surface area contributed by atoms with Gasteiger partial charge in [-0.3, -0.25) is 14.2 Å². The summed E-state index contributed by atoms with van der Waals surface area (Å²) in [6.07, 6.45) is 88.7. The van der Waals surface area contributed by atoms with Crippen molar-refractivity contribution in [3.05, 3.63) is 85.1 Å². The van der Waals surface area contributed by atoms with Crippen molar-refractivity contribution >= 4 is 19.7 Å². The van der Waals surface area contributed by atoms with E-state index >= 15 is 0 Å². The molecule has 87 heavy (non-hydrogen) atoms. The van der Waals surface area contributed by atoms with Crippen molar-refractivity contribution in [2.75, 3.05) is 40.9 Å². The molecular weight excluding hydrogens is 1100 g/mol. The van der Waals surface area contributed by atoms with Crippen LogP contribution in [0.5, 0.6) is 0 Å². The van der Waals surface area contributed by atoms with Crippen LogP contribution in [-0.4, -0.2) is 69.4 Å². The minimum atomic E-state index is -4.71. The van der Waals surface area contributed by atoms with E-state index in [1.54, 1.807) is 0 Å². The van der Waals surface area contributed by atoms with Crippen molar-refractivity contribution in [2.24, 2.45) is 0 Å². The molecule has 0 bridgehead atoms. The molecule has 0 spiro atoms. The zero-order valence-electron chi connectivity index (χ0n) is 58.0. The van der Waals surface area contributed by atoms with E-state index in [1.807, 2.05) is 33.3 Å². The van der Waals surface area contributed by atoms with Gasteiger partial charge in [0.15, 0.2) is 0 Å². The summed E-state index contributed by atoms with van der Waals surface area (Å²) in [5.41, 5.74) is 0. The molecule has 0 fully saturated rings. The number of likely N-dealkylation sites (N-methyl/N-ethyl adjacent to an activating group) is 1. The van der Waals surface area contributed by atoms with E-state index < -0.39 is 26.6 Å². The molecule has 0 saturated heterocycles. The highest BCUT2D eigenvalue weighted by molar-refractivity contribution is 7.45. The summed E-state index contributed by atoms with van der Waals surface area (Å²) >= 11 is 0. The van der Waals surface area contributed by atoms with Gasteiger partial charge in [0.25, 0.3) is 7.82 Å². The van der Waals surface area contributed by atoms with E-state index in [0.29, 0.717) is 23.9 Å². The molecule has 0 aliphatic rings. The number of amides is 1. The van der Waals surface area contributed by atoms with Crippen LogP contribution in [0.25, 0.3) is 0 Å². The van der Waals surface area contributed by atoms with Crippen LogP contribution in [0.1, 0.15) is 342 Å². The summed E-state index contributed by atoms with van der Waals surface area (Å²) < 4.78 is 30.4. The predicted octanol–water partition coefficient (Wildman–Crippen LogP) is 23.0. The van der Waals surface area contributed by atoms with Gasteiger partial charge in [0.2, 0.25) is 5.91 Å². The molecule has 0 aromatic carbocycles. The Morgan fingerprint density at radius 3 is 1.10 bits per heavy atom. The molecule has 0 aromatic rings. The second kappa shape index (κ2) is 66.1. The Morgan fingerprint density at radius 1 is 0.414 bits per heavy atom. The van der Waals surface area contributed by atoms with Crippen molar-refractivity contribution in [3.63, 3.8) is 0 Å². The molecule has 3 atom stereocenters. The highest BCUT2D eigenvalue weighted by Crippen LogP contribution is 2.38. The Kier molecular flexibility index (Phi) is 64.0. The Morgan fingerprint density at radius 2 is 0.736 bits per heavy atom. The van der Waals surface area contributed by atoms with Gasteiger partial charge in [-0.05, 0) is 83.1 Å². The van der Waals surface area contributed by atoms with Crippen LogP contribution in [0.4, 0.5) is 0 Å². The van der Waals surface area contributed by atoms with Gasteiger partial charge < -0.3 is 28.5 Å². The summed E-state index contributed by atoms with van der Waals surface area (Å²) in [6, 6.07) is -0.902. The number of nitrogens with one attached hydrogen (secondary N) is 1. The Hall–Kier alpha value is -2.81. The number of unbranched alkanes of at least 4 members (excludes halogenated alkanes) is 39. The molecule has 3 unspecified atom stereocenters. The fraction of sp³-hybridized carbons (Fsp3) is 0.792. The minimum Gasteiger partial charge on any atom is -0.756 e. The maximum Gasteiger partial charge on any atom is 0.306 e. The smallest absolute Gasteiger partial charge is 0.306 e. The number of carbonyl (C=O) groups is 2. The molecule has 0 aliphatic carbocycles. The zero-order valence-corrected chi connectivity index (χ0v) is 58.9. The lowest BCUT2D eigenvalue weighted by Gasteiger charge is -2.30. The molecule has 1 N–H and O–H groups in total. The van der Waals surface area contributed by atoms with Crippen LogP contribution in [-0.2, 0) is 27.9 Å². The molecule has 0 radical (unpaired) electrons. The number of nitrogens with zero attached hydrogens (tertiary/aromatic N) is 1. The molecule has 0 saturated carbocycles. The maximum absolute atomic E-state index is 13.6. The number of quaternary nitrogens is 1. The SMILES string of the molecule is CC/C=C\C/C=C\C/C=C\C/C=C\C/C=C\C/C=C\CCCCCCC(=O)OC(/C=C/CCCCCCCCCCC)C(COP(=O)([O-])OCC[N+](C)(C)C)NC(=O)CCCCCCCCCCCCCCCCCCCCCCCCCCCCC. The number of hydrogen-bond acceptors (Lipinski definition) is 7. The quantitative estimate of drug-likeness (QED) is 0.0212.